The Hall–Kier alpha value is -0.830. The number of nitrogens with zero attached hydrogens (tertiary/aromatic N) is 2. The first-order chi connectivity index (χ1) is 5.72. The van der Waals surface area contributed by atoms with Gasteiger partial charge in [0.05, 0.1) is 18.6 Å². The summed E-state index contributed by atoms with van der Waals surface area (Å²) in [4.78, 5) is 4.03. The van der Waals surface area contributed by atoms with Gasteiger partial charge < -0.3 is 9.67 Å². The first kappa shape index (κ1) is 9.26. The molecule has 1 aromatic heterocycles. The number of hydrogen-bond acceptors (Lipinski definition) is 2. The zero-order valence-corrected chi connectivity index (χ0v) is 7.70. The summed E-state index contributed by atoms with van der Waals surface area (Å²) in [6.07, 6.45) is 4.82. The van der Waals surface area contributed by atoms with Gasteiger partial charge in [-0.25, -0.2) is 4.98 Å². The predicted octanol–water partition coefficient (Wildman–Crippen LogP) is 1.42. The van der Waals surface area contributed by atoms with Crippen molar-refractivity contribution in [3.05, 3.63) is 18.2 Å². The topological polar surface area (TPSA) is 38.0 Å². The van der Waals surface area contributed by atoms with Gasteiger partial charge in [-0.3, -0.25) is 0 Å². The molecule has 68 valence electrons. The second kappa shape index (κ2) is 4.26. The van der Waals surface area contributed by atoms with E-state index in [0.717, 1.165) is 18.7 Å². The lowest BCUT2D eigenvalue weighted by Crippen LogP contribution is -1.98. The smallest absolute Gasteiger partial charge is 0.0950 e. The van der Waals surface area contributed by atoms with Crippen LogP contribution >= 0.6 is 0 Å². The van der Waals surface area contributed by atoms with Crippen LogP contribution in [0.3, 0.4) is 0 Å². The van der Waals surface area contributed by atoms with Crippen LogP contribution in [0.1, 0.15) is 26.0 Å². The largest absolute Gasteiger partial charge is 0.390 e. The fourth-order valence-corrected chi connectivity index (χ4v) is 1.02. The van der Waals surface area contributed by atoms with Crippen LogP contribution in [0.15, 0.2) is 12.5 Å². The molecule has 3 heteroatoms. The van der Waals surface area contributed by atoms with Crippen LogP contribution in [0.4, 0.5) is 0 Å². The summed E-state index contributed by atoms with van der Waals surface area (Å²) in [7, 11) is 0. The molecule has 0 fully saturated rings. The van der Waals surface area contributed by atoms with E-state index in [-0.39, 0.29) is 6.61 Å². The number of aliphatic hydroxyl groups excluding tert-OH is 1. The van der Waals surface area contributed by atoms with Crippen molar-refractivity contribution in [3.8, 4) is 0 Å². The van der Waals surface area contributed by atoms with Crippen molar-refractivity contribution in [2.75, 3.05) is 0 Å². The van der Waals surface area contributed by atoms with Crippen molar-refractivity contribution in [3.63, 3.8) is 0 Å². The molecule has 1 N–H and O–H groups in total. The molecule has 0 unspecified atom stereocenters. The molecule has 0 atom stereocenters. The van der Waals surface area contributed by atoms with Gasteiger partial charge in [-0.1, -0.05) is 13.8 Å². The molecule has 0 aliphatic heterocycles. The number of imidazole rings is 1. The van der Waals surface area contributed by atoms with Crippen LogP contribution in [-0.4, -0.2) is 14.7 Å². The number of aromatic nitrogens is 2. The van der Waals surface area contributed by atoms with Gasteiger partial charge in [0, 0.05) is 12.7 Å². The minimum absolute atomic E-state index is 0.0364. The number of aliphatic hydroxyl groups is 1. The molecule has 0 spiro atoms. The zero-order valence-electron chi connectivity index (χ0n) is 7.70. The highest BCUT2D eigenvalue weighted by Gasteiger charge is 1.98. The third-order valence-electron chi connectivity index (χ3n) is 1.81. The summed E-state index contributed by atoms with van der Waals surface area (Å²) in [6.45, 7) is 5.42. The molecule has 0 aromatic carbocycles. The molecule has 0 saturated heterocycles. The molecule has 0 bridgehead atoms. The Kier molecular flexibility index (Phi) is 3.29. The van der Waals surface area contributed by atoms with Crippen molar-refractivity contribution in [1.29, 1.82) is 0 Å². The maximum Gasteiger partial charge on any atom is 0.0950 e. The van der Waals surface area contributed by atoms with Crippen LogP contribution in [0.2, 0.25) is 0 Å². The summed E-state index contributed by atoms with van der Waals surface area (Å²) in [5, 5.41) is 8.75. The molecule has 1 aromatic rings. The van der Waals surface area contributed by atoms with Crippen LogP contribution in [-0.2, 0) is 13.2 Å². The number of hydrogen-bond donors (Lipinski definition) is 1. The minimum atomic E-state index is 0.0364. The lowest BCUT2D eigenvalue weighted by molar-refractivity contribution is 0.277. The molecule has 0 amide bonds. The average molecular weight is 168 g/mol. The second-order valence-electron chi connectivity index (χ2n) is 3.44. The van der Waals surface area contributed by atoms with Crippen LogP contribution < -0.4 is 0 Å². The van der Waals surface area contributed by atoms with E-state index in [4.69, 9.17) is 5.11 Å². The van der Waals surface area contributed by atoms with Crippen LogP contribution in [0, 0.1) is 5.92 Å². The number of rotatable bonds is 4. The Morgan fingerprint density at radius 2 is 2.33 bits per heavy atom. The second-order valence-corrected chi connectivity index (χ2v) is 3.44. The van der Waals surface area contributed by atoms with E-state index in [0.29, 0.717) is 5.92 Å². The van der Waals surface area contributed by atoms with E-state index >= 15 is 0 Å². The van der Waals surface area contributed by atoms with Crippen molar-refractivity contribution in [1.82, 2.24) is 9.55 Å². The third kappa shape index (κ3) is 2.66. The minimum Gasteiger partial charge on any atom is -0.390 e. The molecule has 3 nitrogen and oxygen atoms in total. The Labute approximate surface area is 73.1 Å². The fraction of sp³-hybridized carbons (Fsp3) is 0.667. The van der Waals surface area contributed by atoms with Gasteiger partial charge in [0.25, 0.3) is 0 Å². The van der Waals surface area contributed by atoms with Crippen LogP contribution in [0.25, 0.3) is 0 Å². The lowest BCUT2D eigenvalue weighted by atomic mass is 10.1. The van der Waals surface area contributed by atoms with E-state index in [1.165, 1.54) is 0 Å². The normalized spacial score (nSPS) is 11.0. The van der Waals surface area contributed by atoms with Crippen molar-refractivity contribution in [2.45, 2.75) is 33.4 Å². The quantitative estimate of drug-likeness (QED) is 0.738. The standard InChI is InChI=1S/C9H16N2O/c1-8(2)3-4-11-5-9(6-12)10-7-11/h5,7-8,12H,3-4,6H2,1-2H3. The van der Waals surface area contributed by atoms with Crippen molar-refractivity contribution in [2.24, 2.45) is 5.92 Å². The molecule has 0 aliphatic carbocycles. The SMILES string of the molecule is CC(C)CCn1cnc(CO)c1. The fourth-order valence-electron chi connectivity index (χ4n) is 1.02. The molecule has 0 aliphatic rings. The Bertz CT molecular complexity index is 230. The molecule has 0 radical (unpaired) electrons. The summed E-state index contributed by atoms with van der Waals surface area (Å²) in [5.41, 5.74) is 0.749. The maximum absolute atomic E-state index is 8.75. The first-order valence-electron chi connectivity index (χ1n) is 4.34. The average Bonchev–Trinajstić information content (AvgIpc) is 2.48. The first-order valence-corrected chi connectivity index (χ1v) is 4.34. The highest BCUT2D eigenvalue weighted by Crippen LogP contribution is 2.03. The highest BCUT2D eigenvalue weighted by molar-refractivity contribution is 4.93. The van der Waals surface area contributed by atoms with Gasteiger partial charge in [0.1, 0.15) is 0 Å². The molecule has 0 saturated carbocycles. The lowest BCUT2D eigenvalue weighted by Gasteiger charge is -2.03. The zero-order chi connectivity index (χ0) is 8.97. The molecular weight excluding hydrogens is 152 g/mol. The highest BCUT2D eigenvalue weighted by atomic mass is 16.3. The van der Waals surface area contributed by atoms with Gasteiger partial charge in [-0.15, -0.1) is 0 Å². The molecule has 1 rings (SSSR count). The monoisotopic (exact) mass is 168 g/mol. The predicted molar refractivity (Wildman–Crippen MR) is 47.6 cm³/mol. The summed E-state index contributed by atoms with van der Waals surface area (Å²) in [5.74, 6) is 0.713. The van der Waals surface area contributed by atoms with Gasteiger partial charge >= 0.3 is 0 Å². The summed E-state index contributed by atoms with van der Waals surface area (Å²) < 4.78 is 2.02. The Morgan fingerprint density at radius 1 is 1.58 bits per heavy atom. The Balaban J connectivity index is 2.41. The summed E-state index contributed by atoms with van der Waals surface area (Å²) in [6, 6.07) is 0. The van der Waals surface area contributed by atoms with Gasteiger partial charge in [-0.05, 0) is 12.3 Å². The molecular formula is C9H16N2O. The van der Waals surface area contributed by atoms with Gasteiger partial charge in [0.2, 0.25) is 0 Å². The maximum atomic E-state index is 8.75. The molecule has 1 heterocycles. The Morgan fingerprint density at radius 3 is 2.83 bits per heavy atom. The van der Waals surface area contributed by atoms with Crippen molar-refractivity contribution < 1.29 is 5.11 Å². The van der Waals surface area contributed by atoms with Gasteiger partial charge in [0.15, 0.2) is 0 Å². The molecule has 12 heavy (non-hydrogen) atoms. The van der Waals surface area contributed by atoms with E-state index in [1.807, 2.05) is 10.8 Å². The van der Waals surface area contributed by atoms with E-state index in [2.05, 4.69) is 18.8 Å². The van der Waals surface area contributed by atoms with E-state index < -0.39 is 0 Å². The van der Waals surface area contributed by atoms with E-state index in [9.17, 15) is 0 Å². The third-order valence-corrected chi connectivity index (χ3v) is 1.81. The van der Waals surface area contributed by atoms with Crippen molar-refractivity contribution >= 4 is 0 Å². The summed E-state index contributed by atoms with van der Waals surface area (Å²) >= 11 is 0. The van der Waals surface area contributed by atoms with Gasteiger partial charge in [-0.2, -0.15) is 0 Å². The van der Waals surface area contributed by atoms with Crippen LogP contribution in [0.5, 0.6) is 0 Å². The number of aryl methyl sites for hydroxylation is 1. The van der Waals surface area contributed by atoms with E-state index in [1.54, 1.807) is 6.33 Å².